The lowest BCUT2D eigenvalue weighted by Gasteiger charge is -2.57. The van der Waals surface area contributed by atoms with E-state index >= 15 is 0 Å². The summed E-state index contributed by atoms with van der Waals surface area (Å²) in [7, 11) is 2.32. The van der Waals surface area contributed by atoms with E-state index in [9.17, 15) is 0 Å². The molecular formula is C23H34INO2. The van der Waals surface area contributed by atoms with Crippen molar-refractivity contribution in [3.05, 3.63) is 29.8 Å². The minimum atomic E-state index is 0. The average Bonchev–Trinajstić information content (AvgIpc) is 2.61. The molecule has 0 spiro atoms. The molecular weight excluding hydrogens is 449 g/mol. The molecule has 3 nitrogen and oxygen atoms in total. The van der Waals surface area contributed by atoms with Gasteiger partial charge in [-0.15, -0.1) is 0 Å². The number of rotatable bonds is 5. The first kappa shape index (κ1) is 20.0. The third kappa shape index (κ3) is 4.04. The predicted octanol–water partition coefficient (Wildman–Crippen LogP) is 1.01. The van der Waals surface area contributed by atoms with Crippen molar-refractivity contribution in [2.24, 2.45) is 17.8 Å². The van der Waals surface area contributed by atoms with Crippen molar-refractivity contribution in [2.45, 2.75) is 43.9 Å². The first-order chi connectivity index (χ1) is 12.6. The van der Waals surface area contributed by atoms with Crippen molar-refractivity contribution in [1.29, 1.82) is 0 Å². The second kappa shape index (κ2) is 7.83. The van der Waals surface area contributed by atoms with Gasteiger partial charge in [0.2, 0.25) is 0 Å². The van der Waals surface area contributed by atoms with Gasteiger partial charge in [0.15, 0.2) is 0 Å². The van der Waals surface area contributed by atoms with Crippen LogP contribution in [-0.4, -0.2) is 51.0 Å². The van der Waals surface area contributed by atoms with E-state index in [0.29, 0.717) is 5.41 Å². The third-order valence-corrected chi connectivity index (χ3v) is 7.96. The van der Waals surface area contributed by atoms with Gasteiger partial charge in [0.25, 0.3) is 0 Å². The zero-order valence-corrected chi connectivity index (χ0v) is 18.8. The van der Waals surface area contributed by atoms with Crippen molar-refractivity contribution in [1.82, 2.24) is 0 Å². The van der Waals surface area contributed by atoms with Crippen LogP contribution in [0.2, 0.25) is 0 Å². The number of benzene rings is 1. The van der Waals surface area contributed by atoms with Gasteiger partial charge in [0.05, 0.1) is 20.3 Å². The Morgan fingerprint density at radius 3 is 2.07 bits per heavy atom. The Bertz CT molecular complexity index is 603. The minimum Gasteiger partial charge on any atom is -1.00 e. The maximum atomic E-state index is 6.09. The highest BCUT2D eigenvalue weighted by atomic mass is 127. The van der Waals surface area contributed by atoms with E-state index in [-0.39, 0.29) is 24.0 Å². The molecule has 1 saturated heterocycles. The molecule has 1 aromatic rings. The maximum Gasteiger partial charge on any atom is 0.137 e. The molecule has 4 saturated carbocycles. The van der Waals surface area contributed by atoms with Crippen LogP contribution in [-0.2, 0) is 10.2 Å². The smallest absolute Gasteiger partial charge is 0.137 e. The van der Waals surface area contributed by atoms with Crippen molar-refractivity contribution in [3.63, 3.8) is 0 Å². The first-order valence-corrected chi connectivity index (χ1v) is 10.8. The van der Waals surface area contributed by atoms with Crippen molar-refractivity contribution in [3.8, 4) is 5.75 Å². The normalized spacial score (nSPS) is 36.3. The van der Waals surface area contributed by atoms with Crippen molar-refractivity contribution < 1.29 is 37.9 Å². The Balaban J connectivity index is 0.00000180. The lowest BCUT2D eigenvalue weighted by atomic mass is 9.48. The summed E-state index contributed by atoms with van der Waals surface area (Å²) in [5.74, 6) is 4.07. The van der Waals surface area contributed by atoms with Crippen molar-refractivity contribution >= 4 is 0 Å². The molecule has 1 aliphatic heterocycles. The molecule has 4 heteroatoms. The molecule has 1 aromatic carbocycles. The monoisotopic (exact) mass is 483 g/mol. The molecule has 4 aliphatic carbocycles. The summed E-state index contributed by atoms with van der Waals surface area (Å²) in [6.07, 6.45) is 8.87. The number of hydrogen-bond donors (Lipinski definition) is 0. The fourth-order valence-electron chi connectivity index (χ4n) is 6.76. The maximum absolute atomic E-state index is 6.09. The van der Waals surface area contributed by atoms with Crippen LogP contribution in [0.5, 0.6) is 5.75 Å². The van der Waals surface area contributed by atoms with Crippen LogP contribution in [0.1, 0.15) is 44.1 Å². The van der Waals surface area contributed by atoms with Gasteiger partial charge >= 0.3 is 0 Å². The minimum absolute atomic E-state index is 0. The first-order valence-electron chi connectivity index (χ1n) is 10.8. The topological polar surface area (TPSA) is 18.5 Å². The molecule has 5 aliphatic rings. The second-order valence-electron chi connectivity index (χ2n) is 9.97. The van der Waals surface area contributed by atoms with E-state index in [0.717, 1.165) is 67.4 Å². The molecule has 4 bridgehead atoms. The highest BCUT2D eigenvalue weighted by Gasteiger charge is 2.51. The largest absolute Gasteiger partial charge is 1.00 e. The molecule has 0 N–H and O–H groups in total. The van der Waals surface area contributed by atoms with Crippen molar-refractivity contribution in [2.75, 3.05) is 46.5 Å². The molecule has 150 valence electrons. The Labute approximate surface area is 181 Å². The van der Waals surface area contributed by atoms with E-state index < -0.39 is 0 Å². The van der Waals surface area contributed by atoms with Crippen LogP contribution in [0.3, 0.4) is 0 Å². The molecule has 5 fully saturated rings. The van der Waals surface area contributed by atoms with Gasteiger partial charge in [-0.25, -0.2) is 0 Å². The third-order valence-electron chi connectivity index (χ3n) is 7.96. The van der Waals surface area contributed by atoms with E-state index in [2.05, 4.69) is 31.3 Å². The number of hydrogen-bond acceptors (Lipinski definition) is 2. The van der Waals surface area contributed by atoms with E-state index in [1.807, 2.05) is 0 Å². The number of nitrogens with zero attached hydrogens (tertiary/aromatic N) is 1. The van der Waals surface area contributed by atoms with Gasteiger partial charge in [-0.1, -0.05) is 12.1 Å². The zero-order chi connectivity index (χ0) is 17.6. The lowest BCUT2D eigenvalue weighted by molar-refractivity contribution is -0.916. The summed E-state index contributed by atoms with van der Waals surface area (Å²) in [5.41, 5.74) is 2.09. The van der Waals surface area contributed by atoms with Crippen LogP contribution in [0.4, 0.5) is 0 Å². The predicted molar refractivity (Wildman–Crippen MR) is 103 cm³/mol. The summed E-state index contributed by atoms with van der Waals surface area (Å²) >= 11 is 0. The number of quaternary nitrogens is 1. The molecule has 0 amide bonds. The Morgan fingerprint density at radius 2 is 1.52 bits per heavy atom. The van der Waals surface area contributed by atoms with Gasteiger partial charge in [-0.3, -0.25) is 0 Å². The highest BCUT2D eigenvalue weighted by Crippen LogP contribution is 2.60. The Morgan fingerprint density at radius 1 is 0.963 bits per heavy atom. The number of morpholine rings is 1. The van der Waals surface area contributed by atoms with Crippen LogP contribution >= 0.6 is 0 Å². The van der Waals surface area contributed by atoms with E-state index in [1.165, 1.54) is 38.5 Å². The van der Waals surface area contributed by atoms with Gasteiger partial charge in [0, 0.05) is 0 Å². The molecule has 6 rings (SSSR count). The van der Waals surface area contributed by atoms with Crippen LogP contribution in [0.15, 0.2) is 24.3 Å². The summed E-state index contributed by atoms with van der Waals surface area (Å²) < 4.78 is 12.7. The quantitative estimate of drug-likeness (QED) is 0.460. The fraction of sp³-hybridized carbons (Fsp3) is 0.739. The molecule has 0 unspecified atom stereocenters. The lowest BCUT2D eigenvalue weighted by Crippen LogP contribution is -3.00. The second-order valence-corrected chi connectivity index (χ2v) is 9.97. The highest BCUT2D eigenvalue weighted by molar-refractivity contribution is 5.34. The van der Waals surface area contributed by atoms with Crippen LogP contribution in [0, 0.1) is 17.8 Å². The number of likely N-dealkylation sites (N-methyl/N-ethyl adjacent to an activating group) is 1. The molecule has 0 aromatic heterocycles. The van der Waals surface area contributed by atoms with Gasteiger partial charge in [-0.05, 0) is 79.4 Å². The van der Waals surface area contributed by atoms with Gasteiger partial charge in [-0.2, -0.15) is 0 Å². The number of ether oxygens (including phenoxy) is 2. The van der Waals surface area contributed by atoms with E-state index in [1.54, 1.807) is 5.56 Å². The summed E-state index contributed by atoms with van der Waals surface area (Å²) in [5, 5.41) is 0. The average molecular weight is 483 g/mol. The molecule has 27 heavy (non-hydrogen) atoms. The Hall–Kier alpha value is -0.330. The van der Waals surface area contributed by atoms with Crippen LogP contribution < -0.4 is 28.7 Å². The molecule has 0 radical (unpaired) electrons. The summed E-state index contributed by atoms with van der Waals surface area (Å²) in [6, 6.07) is 9.22. The SMILES string of the molecule is C[N+]1(CCOc2ccc(C34CC5CC(CC(C5)C3)C4)cc2)CCOCC1.[I-]. The van der Waals surface area contributed by atoms with Gasteiger partial charge < -0.3 is 37.9 Å². The number of halogens is 1. The fourth-order valence-corrected chi connectivity index (χ4v) is 6.76. The van der Waals surface area contributed by atoms with Gasteiger partial charge in [0.1, 0.15) is 32.0 Å². The van der Waals surface area contributed by atoms with Crippen LogP contribution in [0.25, 0.3) is 0 Å². The summed E-state index contributed by atoms with van der Waals surface area (Å²) in [4.78, 5) is 0. The standard InChI is InChI=1S/C23H34NO2.HI/c1-24(6-9-25-10-7-24)8-11-26-22-4-2-21(3-5-22)23-15-18-12-19(16-23)14-20(13-18)17-23;/h2-5,18-20H,6-17H2,1H3;1H/q+1;/p-1. The molecule has 1 heterocycles. The zero-order valence-electron chi connectivity index (χ0n) is 16.7. The summed E-state index contributed by atoms with van der Waals surface area (Å²) in [6.45, 7) is 5.85. The molecule has 0 atom stereocenters. The van der Waals surface area contributed by atoms with E-state index in [4.69, 9.17) is 9.47 Å². The Kier molecular flexibility index (Phi) is 5.79.